The Morgan fingerprint density at radius 3 is 2.19 bits per heavy atom. The third kappa shape index (κ3) is 6.86. The number of hydrogen-bond acceptors (Lipinski definition) is 5. The van der Waals surface area contributed by atoms with Crippen LogP contribution in [0.3, 0.4) is 0 Å². The summed E-state index contributed by atoms with van der Waals surface area (Å²) in [4.78, 5) is 27.6. The Morgan fingerprint density at radius 2 is 1.67 bits per heavy atom. The van der Waals surface area contributed by atoms with Gasteiger partial charge in [0.1, 0.15) is 11.4 Å². The summed E-state index contributed by atoms with van der Waals surface area (Å²) >= 11 is 0. The molecule has 6 nitrogen and oxygen atoms in total. The fourth-order valence-corrected chi connectivity index (χ4v) is 2.99. The Balaban J connectivity index is 1.70. The monoisotopic (exact) mass is 376 g/mol. The van der Waals surface area contributed by atoms with Crippen molar-refractivity contribution in [2.24, 2.45) is 0 Å². The molecular weight excluding hydrogens is 344 g/mol. The molecule has 0 bridgehead atoms. The van der Waals surface area contributed by atoms with Gasteiger partial charge in [-0.25, -0.2) is 4.79 Å². The molecule has 0 saturated carbocycles. The zero-order valence-electron chi connectivity index (χ0n) is 17.2. The van der Waals surface area contributed by atoms with E-state index >= 15 is 0 Å². The van der Waals surface area contributed by atoms with Gasteiger partial charge in [-0.05, 0) is 65.3 Å². The standard InChI is InChI=1S/C21H32N2O4/c1-16(10-15-26-19-8-6-18(7-9-19)17(2)24)22-11-13-23(14-12-22)20(25)27-21(3,4)5/h6-9,16H,10-15H2,1-5H3. The quantitative estimate of drug-likeness (QED) is 0.710. The highest BCUT2D eigenvalue weighted by Gasteiger charge is 2.27. The molecule has 0 aliphatic carbocycles. The smallest absolute Gasteiger partial charge is 0.410 e. The highest BCUT2D eigenvalue weighted by atomic mass is 16.6. The van der Waals surface area contributed by atoms with Crippen molar-refractivity contribution in [2.75, 3.05) is 32.8 Å². The molecular formula is C21H32N2O4. The van der Waals surface area contributed by atoms with Gasteiger partial charge in [0.15, 0.2) is 5.78 Å². The molecule has 1 heterocycles. The van der Waals surface area contributed by atoms with Gasteiger partial charge in [0.2, 0.25) is 0 Å². The van der Waals surface area contributed by atoms with E-state index in [9.17, 15) is 9.59 Å². The minimum absolute atomic E-state index is 0.0562. The van der Waals surface area contributed by atoms with Crippen LogP contribution in [0.4, 0.5) is 4.79 Å². The van der Waals surface area contributed by atoms with Crippen molar-refractivity contribution in [3.63, 3.8) is 0 Å². The van der Waals surface area contributed by atoms with Crippen LogP contribution in [-0.2, 0) is 4.74 Å². The SMILES string of the molecule is CC(=O)c1ccc(OCCC(C)N2CCN(C(=O)OC(C)(C)C)CC2)cc1. The lowest BCUT2D eigenvalue weighted by atomic mass is 10.1. The molecule has 1 atom stereocenters. The number of piperazine rings is 1. The van der Waals surface area contributed by atoms with Gasteiger partial charge in [-0.2, -0.15) is 0 Å². The number of hydrogen-bond donors (Lipinski definition) is 0. The number of amides is 1. The molecule has 1 saturated heterocycles. The van der Waals surface area contributed by atoms with E-state index in [-0.39, 0.29) is 11.9 Å². The molecule has 1 amide bonds. The lowest BCUT2D eigenvalue weighted by molar-refractivity contribution is 0.0101. The largest absolute Gasteiger partial charge is 0.494 e. The van der Waals surface area contributed by atoms with Crippen LogP contribution in [0.15, 0.2) is 24.3 Å². The van der Waals surface area contributed by atoms with E-state index in [1.165, 1.54) is 0 Å². The second-order valence-corrected chi connectivity index (χ2v) is 8.07. The van der Waals surface area contributed by atoms with E-state index in [1.807, 2.05) is 32.9 Å². The van der Waals surface area contributed by atoms with Gasteiger partial charge < -0.3 is 14.4 Å². The maximum atomic E-state index is 12.1. The van der Waals surface area contributed by atoms with E-state index in [4.69, 9.17) is 9.47 Å². The summed E-state index contributed by atoms with van der Waals surface area (Å²) in [6.45, 7) is 13.1. The summed E-state index contributed by atoms with van der Waals surface area (Å²) in [5, 5.41) is 0. The predicted molar refractivity (Wildman–Crippen MR) is 105 cm³/mol. The first-order valence-electron chi connectivity index (χ1n) is 9.61. The summed E-state index contributed by atoms with van der Waals surface area (Å²) in [7, 11) is 0. The summed E-state index contributed by atoms with van der Waals surface area (Å²) in [5.41, 5.74) is 0.236. The average molecular weight is 376 g/mol. The third-order valence-electron chi connectivity index (χ3n) is 4.65. The van der Waals surface area contributed by atoms with E-state index in [2.05, 4.69) is 11.8 Å². The van der Waals surface area contributed by atoms with Gasteiger partial charge in [0.25, 0.3) is 0 Å². The van der Waals surface area contributed by atoms with Crippen molar-refractivity contribution in [2.45, 2.75) is 52.7 Å². The summed E-state index contributed by atoms with van der Waals surface area (Å²) < 4.78 is 11.2. The fraction of sp³-hybridized carbons (Fsp3) is 0.619. The minimum atomic E-state index is -0.457. The van der Waals surface area contributed by atoms with Crippen LogP contribution in [-0.4, -0.2) is 66.1 Å². The van der Waals surface area contributed by atoms with Gasteiger partial charge >= 0.3 is 6.09 Å². The van der Waals surface area contributed by atoms with Gasteiger partial charge in [-0.3, -0.25) is 9.69 Å². The van der Waals surface area contributed by atoms with Crippen molar-refractivity contribution >= 4 is 11.9 Å². The summed E-state index contributed by atoms with van der Waals surface area (Å²) in [6, 6.07) is 7.62. The molecule has 2 rings (SSSR count). The van der Waals surface area contributed by atoms with E-state index in [1.54, 1.807) is 24.0 Å². The maximum absolute atomic E-state index is 12.1. The van der Waals surface area contributed by atoms with Crippen molar-refractivity contribution in [3.05, 3.63) is 29.8 Å². The second kappa shape index (κ2) is 9.22. The van der Waals surface area contributed by atoms with Crippen LogP contribution in [0.25, 0.3) is 0 Å². The number of nitrogens with zero attached hydrogens (tertiary/aromatic N) is 2. The minimum Gasteiger partial charge on any atom is -0.494 e. The van der Waals surface area contributed by atoms with Crippen LogP contribution in [0.5, 0.6) is 5.75 Å². The molecule has 0 aromatic heterocycles. The lowest BCUT2D eigenvalue weighted by Gasteiger charge is -2.38. The van der Waals surface area contributed by atoms with Gasteiger partial charge in [-0.1, -0.05) is 0 Å². The molecule has 27 heavy (non-hydrogen) atoms. The molecule has 6 heteroatoms. The molecule has 1 unspecified atom stereocenters. The first-order valence-corrected chi connectivity index (χ1v) is 9.61. The zero-order valence-corrected chi connectivity index (χ0v) is 17.2. The second-order valence-electron chi connectivity index (χ2n) is 8.07. The van der Waals surface area contributed by atoms with E-state index < -0.39 is 5.60 Å². The van der Waals surface area contributed by atoms with Gasteiger partial charge in [0, 0.05) is 37.8 Å². The highest BCUT2D eigenvalue weighted by Crippen LogP contribution is 2.16. The van der Waals surface area contributed by atoms with Crippen LogP contribution >= 0.6 is 0 Å². The molecule has 1 aliphatic rings. The lowest BCUT2D eigenvalue weighted by Crippen LogP contribution is -2.52. The van der Waals surface area contributed by atoms with Gasteiger partial charge in [-0.15, -0.1) is 0 Å². The normalized spacial score (nSPS) is 16.7. The summed E-state index contributed by atoms with van der Waals surface area (Å²) in [5.74, 6) is 0.836. The molecule has 0 radical (unpaired) electrons. The maximum Gasteiger partial charge on any atom is 0.410 e. The van der Waals surface area contributed by atoms with Crippen LogP contribution in [0.1, 0.15) is 51.4 Å². The molecule has 1 aliphatic heterocycles. The Kier molecular flexibility index (Phi) is 7.25. The number of benzene rings is 1. The average Bonchev–Trinajstić information content (AvgIpc) is 2.60. The van der Waals surface area contributed by atoms with Crippen molar-refractivity contribution in [3.8, 4) is 5.75 Å². The Bertz CT molecular complexity index is 629. The third-order valence-corrected chi connectivity index (χ3v) is 4.65. The number of carbonyl (C=O) groups is 2. The fourth-order valence-electron chi connectivity index (χ4n) is 2.99. The van der Waals surface area contributed by atoms with Crippen LogP contribution in [0.2, 0.25) is 0 Å². The number of Topliss-reactive ketones (excluding diaryl/α,β-unsaturated/α-hetero) is 1. The Hall–Kier alpha value is -2.08. The first-order chi connectivity index (χ1) is 12.7. The topological polar surface area (TPSA) is 59.1 Å². The number of ketones is 1. The van der Waals surface area contributed by atoms with Crippen molar-refractivity contribution < 1.29 is 19.1 Å². The molecule has 1 aromatic carbocycles. The highest BCUT2D eigenvalue weighted by molar-refractivity contribution is 5.94. The van der Waals surface area contributed by atoms with E-state index in [0.717, 1.165) is 25.3 Å². The molecule has 1 fully saturated rings. The zero-order chi connectivity index (χ0) is 20.0. The molecule has 0 spiro atoms. The number of carbonyl (C=O) groups excluding carboxylic acids is 2. The van der Waals surface area contributed by atoms with Crippen molar-refractivity contribution in [1.82, 2.24) is 9.80 Å². The van der Waals surface area contributed by atoms with Gasteiger partial charge in [0.05, 0.1) is 6.61 Å². The van der Waals surface area contributed by atoms with Crippen LogP contribution < -0.4 is 4.74 Å². The Morgan fingerprint density at radius 1 is 1.07 bits per heavy atom. The summed E-state index contributed by atoms with van der Waals surface area (Å²) in [6.07, 6.45) is 0.674. The predicted octanol–water partition coefficient (Wildman–Crippen LogP) is 3.60. The van der Waals surface area contributed by atoms with E-state index in [0.29, 0.717) is 31.3 Å². The van der Waals surface area contributed by atoms with Crippen molar-refractivity contribution in [1.29, 1.82) is 0 Å². The number of ether oxygens (including phenoxy) is 2. The molecule has 0 N–H and O–H groups in total. The molecule has 150 valence electrons. The van der Waals surface area contributed by atoms with Crippen LogP contribution in [0, 0.1) is 0 Å². The number of rotatable bonds is 6. The Labute approximate surface area is 162 Å². The molecule has 1 aromatic rings. The first kappa shape index (κ1) is 21.2.